The van der Waals surface area contributed by atoms with E-state index in [0.29, 0.717) is 0 Å². The maximum Gasteiger partial charge on any atom is 0.275 e. The molecule has 1 aliphatic heterocycles. The van der Waals surface area contributed by atoms with Crippen LogP contribution in [0.1, 0.15) is 17.8 Å². The van der Waals surface area contributed by atoms with Gasteiger partial charge in [-0.25, -0.2) is 0 Å². The quantitative estimate of drug-likeness (QED) is 0.539. The van der Waals surface area contributed by atoms with Crippen molar-refractivity contribution in [1.82, 2.24) is 9.55 Å². The molecule has 1 aliphatic rings. The number of aromatic nitrogens is 2. The first-order valence-electron chi connectivity index (χ1n) is 3.84. The van der Waals surface area contributed by atoms with Crippen LogP contribution in [0.15, 0.2) is 11.0 Å². The molecule has 0 saturated carbocycles. The van der Waals surface area contributed by atoms with Gasteiger partial charge in [-0.3, -0.25) is 4.79 Å². The van der Waals surface area contributed by atoms with Crippen molar-refractivity contribution in [3.8, 4) is 0 Å². The SMILES string of the molecule is Cc1cn2c(nc1=O)CCC2. The van der Waals surface area contributed by atoms with Crippen molar-refractivity contribution in [2.24, 2.45) is 0 Å². The summed E-state index contributed by atoms with van der Waals surface area (Å²) in [6, 6.07) is 0. The van der Waals surface area contributed by atoms with Crippen LogP contribution in [0.2, 0.25) is 0 Å². The molecule has 0 unspecified atom stereocenters. The molecule has 0 amide bonds. The molecular formula is C8H10N2O. The fraction of sp³-hybridized carbons (Fsp3) is 0.500. The summed E-state index contributed by atoms with van der Waals surface area (Å²) in [7, 11) is 0. The Morgan fingerprint density at radius 1 is 1.64 bits per heavy atom. The van der Waals surface area contributed by atoms with Gasteiger partial charge in [0.15, 0.2) is 0 Å². The summed E-state index contributed by atoms with van der Waals surface area (Å²) >= 11 is 0. The minimum atomic E-state index is -0.0712. The minimum absolute atomic E-state index is 0.0712. The van der Waals surface area contributed by atoms with Gasteiger partial charge in [0.1, 0.15) is 5.82 Å². The first-order valence-corrected chi connectivity index (χ1v) is 3.84. The Morgan fingerprint density at radius 3 is 3.27 bits per heavy atom. The van der Waals surface area contributed by atoms with Crippen LogP contribution in [0.25, 0.3) is 0 Å². The van der Waals surface area contributed by atoms with Gasteiger partial charge in [0, 0.05) is 24.7 Å². The summed E-state index contributed by atoms with van der Waals surface area (Å²) in [6.45, 7) is 2.82. The molecule has 2 heterocycles. The van der Waals surface area contributed by atoms with Gasteiger partial charge in [-0.15, -0.1) is 0 Å². The van der Waals surface area contributed by atoms with Gasteiger partial charge in [-0.2, -0.15) is 4.98 Å². The van der Waals surface area contributed by atoms with Crippen LogP contribution in [0, 0.1) is 6.92 Å². The minimum Gasteiger partial charge on any atom is -0.336 e. The molecule has 0 N–H and O–H groups in total. The van der Waals surface area contributed by atoms with Crippen LogP contribution in [-0.2, 0) is 13.0 Å². The van der Waals surface area contributed by atoms with Crippen LogP contribution >= 0.6 is 0 Å². The van der Waals surface area contributed by atoms with Gasteiger partial charge in [0.25, 0.3) is 5.56 Å². The van der Waals surface area contributed by atoms with Crippen molar-refractivity contribution in [2.45, 2.75) is 26.3 Å². The highest BCUT2D eigenvalue weighted by atomic mass is 16.1. The molecule has 0 aliphatic carbocycles. The van der Waals surface area contributed by atoms with Gasteiger partial charge in [-0.1, -0.05) is 0 Å². The molecule has 58 valence electrons. The Balaban J connectivity index is 2.66. The summed E-state index contributed by atoms with van der Waals surface area (Å²) in [5, 5.41) is 0. The highest BCUT2D eigenvalue weighted by Gasteiger charge is 2.10. The van der Waals surface area contributed by atoms with E-state index in [1.165, 1.54) is 0 Å². The van der Waals surface area contributed by atoms with E-state index in [1.807, 2.05) is 6.20 Å². The Hall–Kier alpha value is -1.12. The Bertz CT molecular complexity index is 340. The van der Waals surface area contributed by atoms with Crippen LogP contribution in [0.4, 0.5) is 0 Å². The number of hydrogen-bond donors (Lipinski definition) is 0. The molecule has 1 aromatic heterocycles. The van der Waals surface area contributed by atoms with E-state index >= 15 is 0 Å². The molecule has 3 nitrogen and oxygen atoms in total. The third kappa shape index (κ3) is 0.964. The lowest BCUT2D eigenvalue weighted by Gasteiger charge is -2.01. The number of rotatable bonds is 0. The van der Waals surface area contributed by atoms with Crippen LogP contribution in [0.3, 0.4) is 0 Å². The zero-order chi connectivity index (χ0) is 7.84. The maximum absolute atomic E-state index is 11.1. The number of nitrogens with zero attached hydrogens (tertiary/aromatic N) is 2. The first-order chi connectivity index (χ1) is 5.27. The van der Waals surface area contributed by atoms with Crippen LogP contribution < -0.4 is 5.56 Å². The normalized spacial score (nSPS) is 15.0. The molecule has 3 heteroatoms. The zero-order valence-corrected chi connectivity index (χ0v) is 6.50. The number of hydrogen-bond acceptors (Lipinski definition) is 2. The fourth-order valence-electron chi connectivity index (χ4n) is 1.43. The van der Waals surface area contributed by atoms with Crippen molar-refractivity contribution in [1.29, 1.82) is 0 Å². The van der Waals surface area contributed by atoms with E-state index in [9.17, 15) is 4.79 Å². The van der Waals surface area contributed by atoms with E-state index in [1.54, 1.807) is 6.92 Å². The van der Waals surface area contributed by atoms with Gasteiger partial charge in [-0.05, 0) is 13.3 Å². The molecule has 11 heavy (non-hydrogen) atoms. The summed E-state index contributed by atoms with van der Waals surface area (Å²) in [6.07, 6.45) is 3.98. The molecule has 1 aromatic rings. The van der Waals surface area contributed by atoms with Crippen LogP contribution in [-0.4, -0.2) is 9.55 Å². The van der Waals surface area contributed by atoms with Crippen molar-refractivity contribution in [3.63, 3.8) is 0 Å². The third-order valence-corrected chi connectivity index (χ3v) is 2.05. The molecule has 0 fully saturated rings. The lowest BCUT2D eigenvalue weighted by Crippen LogP contribution is -2.15. The predicted octanol–water partition coefficient (Wildman–Crippen LogP) is 0.498. The second-order valence-electron chi connectivity index (χ2n) is 2.94. The molecule has 0 saturated heterocycles. The average Bonchev–Trinajstić information content (AvgIpc) is 2.36. The molecule has 0 radical (unpaired) electrons. The van der Waals surface area contributed by atoms with Crippen molar-refractivity contribution in [2.75, 3.05) is 0 Å². The fourth-order valence-corrected chi connectivity index (χ4v) is 1.43. The smallest absolute Gasteiger partial charge is 0.275 e. The summed E-state index contributed by atoms with van der Waals surface area (Å²) in [4.78, 5) is 15.0. The van der Waals surface area contributed by atoms with Gasteiger partial charge >= 0.3 is 0 Å². The Labute approximate surface area is 64.7 Å². The van der Waals surface area contributed by atoms with E-state index < -0.39 is 0 Å². The van der Waals surface area contributed by atoms with Crippen molar-refractivity contribution >= 4 is 0 Å². The lowest BCUT2D eigenvalue weighted by atomic mass is 10.3. The van der Waals surface area contributed by atoms with Gasteiger partial charge < -0.3 is 4.57 Å². The Kier molecular flexibility index (Phi) is 1.31. The maximum atomic E-state index is 11.1. The highest BCUT2D eigenvalue weighted by molar-refractivity contribution is 5.07. The number of aryl methyl sites for hydroxylation is 3. The molecule has 0 bridgehead atoms. The average molecular weight is 150 g/mol. The summed E-state index contributed by atoms with van der Waals surface area (Å²) < 4.78 is 2.07. The van der Waals surface area contributed by atoms with Gasteiger partial charge in [0.05, 0.1) is 0 Å². The largest absolute Gasteiger partial charge is 0.336 e. The van der Waals surface area contributed by atoms with E-state index in [-0.39, 0.29) is 5.56 Å². The third-order valence-electron chi connectivity index (χ3n) is 2.05. The van der Waals surface area contributed by atoms with E-state index in [4.69, 9.17) is 0 Å². The van der Waals surface area contributed by atoms with Gasteiger partial charge in [0.2, 0.25) is 0 Å². The summed E-state index contributed by atoms with van der Waals surface area (Å²) in [5.41, 5.74) is 0.675. The van der Waals surface area contributed by atoms with E-state index in [2.05, 4.69) is 9.55 Å². The topological polar surface area (TPSA) is 34.9 Å². The molecule has 0 spiro atoms. The predicted molar refractivity (Wildman–Crippen MR) is 41.6 cm³/mol. The highest BCUT2D eigenvalue weighted by Crippen LogP contribution is 2.09. The Morgan fingerprint density at radius 2 is 2.45 bits per heavy atom. The molecular weight excluding hydrogens is 140 g/mol. The molecule has 0 atom stereocenters. The lowest BCUT2D eigenvalue weighted by molar-refractivity contribution is 0.728. The number of fused-ring (bicyclic) bond motifs is 1. The standard InChI is InChI=1S/C8H10N2O/c1-6-5-10-4-2-3-7(10)9-8(6)11/h5H,2-4H2,1H3. The van der Waals surface area contributed by atoms with Crippen LogP contribution in [0.5, 0.6) is 0 Å². The second-order valence-corrected chi connectivity index (χ2v) is 2.94. The summed E-state index contributed by atoms with van der Waals surface area (Å²) in [5.74, 6) is 0.945. The van der Waals surface area contributed by atoms with Crippen molar-refractivity contribution < 1.29 is 0 Å². The molecule has 2 rings (SSSR count). The molecule has 0 aromatic carbocycles. The zero-order valence-electron chi connectivity index (χ0n) is 6.50. The second kappa shape index (κ2) is 2.19. The first kappa shape index (κ1) is 6.58. The van der Waals surface area contributed by atoms with Crippen molar-refractivity contribution in [3.05, 3.63) is 27.9 Å². The monoisotopic (exact) mass is 150 g/mol. The van der Waals surface area contributed by atoms with E-state index in [0.717, 1.165) is 30.8 Å².